The standard InChI is InChI=1S/C20H24N6O/c1-14-5-7-26(8-6-14)13-20(27)22-19-10-17-9-15(3-4-16(17)11-21-19)18-12-25(2)24-23-18/h3-4,9-12,14H,5-8,13H2,1-2H3,(H,21,22,27). The van der Waals surface area contributed by atoms with Crippen LogP contribution in [0.15, 0.2) is 36.7 Å². The van der Waals surface area contributed by atoms with Gasteiger partial charge in [-0.3, -0.25) is 14.4 Å². The summed E-state index contributed by atoms with van der Waals surface area (Å²) in [7, 11) is 1.85. The minimum atomic E-state index is -0.0125. The normalized spacial score (nSPS) is 15.9. The third-order valence-corrected chi connectivity index (χ3v) is 5.13. The maximum absolute atomic E-state index is 12.4. The first-order valence-electron chi connectivity index (χ1n) is 9.35. The van der Waals surface area contributed by atoms with E-state index < -0.39 is 0 Å². The molecule has 4 rings (SSSR count). The van der Waals surface area contributed by atoms with Crippen LogP contribution in [-0.2, 0) is 11.8 Å². The van der Waals surface area contributed by atoms with Gasteiger partial charge < -0.3 is 5.32 Å². The molecule has 1 N–H and O–H groups in total. The molecule has 1 amide bonds. The highest BCUT2D eigenvalue weighted by Crippen LogP contribution is 2.24. The van der Waals surface area contributed by atoms with Crippen LogP contribution in [0.4, 0.5) is 5.82 Å². The smallest absolute Gasteiger partial charge is 0.239 e. The Balaban J connectivity index is 1.48. The third kappa shape index (κ3) is 4.14. The monoisotopic (exact) mass is 364 g/mol. The third-order valence-electron chi connectivity index (χ3n) is 5.13. The first-order chi connectivity index (χ1) is 13.1. The largest absolute Gasteiger partial charge is 0.310 e. The molecule has 1 fully saturated rings. The molecule has 1 aromatic carbocycles. The molecule has 1 saturated heterocycles. The van der Waals surface area contributed by atoms with Crippen molar-refractivity contribution in [2.75, 3.05) is 25.0 Å². The summed E-state index contributed by atoms with van der Waals surface area (Å²) in [5.74, 6) is 1.32. The number of nitrogens with zero attached hydrogens (tertiary/aromatic N) is 5. The van der Waals surface area contributed by atoms with Crippen LogP contribution in [0, 0.1) is 5.92 Å². The SMILES string of the molecule is CC1CCN(CC(=O)Nc2cc3cc(-c4cn(C)nn4)ccc3cn2)CC1. The van der Waals surface area contributed by atoms with Gasteiger partial charge in [0.15, 0.2) is 0 Å². The molecule has 0 radical (unpaired) electrons. The predicted molar refractivity (Wildman–Crippen MR) is 105 cm³/mol. The molecule has 1 aliphatic rings. The number of nitrogens with one attached hydrogen (secondary N) is 1. The molecule has 7 nitrogen and oxygen atoms in total. The average molecular weight is 364 g/mol. The van der Waals surface area contributed by atoms with Gasteiger partial charge in [0.1, 0.15) is 11.5 Å². The number of aromatic nitrogens is 4. The van der Waals surface area contributed by atoms with E-state index in [4.69, 9.17) is 0 Å². The lowest BCUT2D eigenvalue weighted by molar-refractivity contribution is -0.117. The predicted octanol–water partition coefficient (Wildman–Crippen LogP) is 2.70. The first kappa shape index (κ1) is 17.6. The molecule has 0 spiro atoms. The number of benzene rings is 1. The summed E-state index contributed by atoms with van der Waals surface area (Å²) in [5, 5.41) is 13.1. The average Bonchev–Trinajstić information content (AvgIpc) is 3.09. The molecule has 3 aromatic rings. The number of hydrogen-bond donors (Lipinski definition) is 1. The molecular weight excluding hydrogens is 340 g/mol. The molecule has 0 atom stereocenters. The van der Waals surface area contributed by atoms with Crippen molar-refractivity contribution in [2.45, 2.75) is 19.8 Å². The van der Waals surface area contributed by atoms with E-state index in [1.807, 2.05) is 37.5 Å². The summed E-state index contributed by atoms with van der Waals surface area (Å²) in [6.07, 6.45) is 5.98. The van der Waals surface area contributed by atoms with Crippen LogP contribution in [0.1, 0.15) is 19.8 Å². The van der Waals surface area contributed by atoms with Gasteiger partial charge in [-0.25, -0.2) is 4.98 Å². The second kappa shape index (κ2) is 7.44. The second-order valence-corrected chi connectivity index (χ2v) is 7.42. The highest BCUT2D eigenvalue weighted by molar-refractivity contribution is 5.94. The van der Waals surface area contributed by atoms with Crippen molar-refractivity contribution in [1.29, 1.82) is 0 Å². The number of piperidine rings is 1. The van der Waals surface area contributed by atoms with Gasteiger partial charge >= 0.3 is 0 Å². The van der Waals surface area contributed by atoms with E-state index >= 15 is 0 Å². The summed E-state index contributed by atoms with van der Waals surface area (Å²) >= 11 is 0. The van der Waals surface area contributed by atoms with Crippen LogP contribution < -0.4 is 5.32 Å². The van der Waals surface area contributed by atoms with E-state index in [0.717, 1.165) is 53.9 Å². The van der Waals surface area contributed by atoms with Gasteiger partial charge in [-0.15, -0.1) is 5.10 Å². The van der Waals surface area contributed by atoms with Crippen LogP contribution >= 0.6 is 0 Å². The Kier molecular flexibility index (Phi) is 4.85. The van der Waals surface area contributed by atoms with Crippen molar-refractivity contribution < 1.29 is 4.79 Å². The molecule has 1 aliphatic heterocycles. The molecule has 2 aromatic heterocycles. The first-order valence-corrected chi connectivity index (χ1v) is 9.35. The maximum atomic E-state index is 12.4. The molecule has 140 valence electrons. The number of carbonyl (C=O) groups excluding carboxylic acids is 1. The van der Waals surface area contributed by atoms with E-state index in [1.54, 1.807) is 10.9 Å². The maximum Gasteiger partial charge on any atom is 0.239 e. The van der Waals surface area contributed by atoms with Crippen molar-refractivity contribution in [3.05, 3.63) is 36.7 Å². The van der Waals surface area contributed by atoms with E-state index in [9.17, 15) is 4.79 Å². The molecular formula is C20H24N6O. The number of likely N-dealkylation sites (tertiary alicyclic amines) is 1. The van der Waals surface area contributed by atoms with Gasteiger partial charge in [0, 0.05) is 24.2 Å². The molecule has 0 bridgehead atoms. The lowest BCUT2D eigenvalue weighted by Gasteiger charge is -2.29. The molecule has 7 heteroatoms. The molecule has 0 unspecified atom stereocenters. The van der Waals surface area contributed by atoms with Gasteiger partial charge in [-0.05, 0) is 49.4 Å². The Morgan fingerprint density at radius 2 is 2.04 bits per heavy atom. The van der Waals surface area contributed by atoms with Crippen molar-refractivity contribution in [3.8, 4) is 11.3 Å². The lowest BCUT2D eigenvalue weighted by Crippen LogP contribution is -2.38. The number of rotatable bonds is 4. The fraction of sp³-hybridized carbons (Fsp3) is 0.400. The number of anilines is 1. The summed E-state index contributed by atoms with van der Waals surface area (Å²) in [4.78, 5) is 19.0. The topological polar surface area (TPSA) is 75.9 Å². The Bertz CT molecular complexity index is 958. The van der Waals surface area contributed by atoms with Crippen molar-refractivity contribution in [3.63, 3.8) is 0 Å². The van der Waals surface area contributed by atoms with Gasteiger partial charge in [-0.2, -0.15) is 0 Å². The summed E-state index contributed by atoms with van der Waals surface area (Å²) in [6.45, 7) is 4.67. The quantitative estimate of drug-likeness (QED) is 0.770. The van der Waals surface area contributed by atoms with Crippen LogP contribution in [0.2, 0.25) is 0 Å². The Morgan fingerprint density at radius 3 is 2.78 bits per heavy atom. The minimum Gasteiger partial charge on any atom is -0.310 e. The number of amides is 1. The van der Waals surface area contributed by atoms with E-state index in [1.165, 1.54) is 0 Å². The summed E-state index contributed by atoms with van der Waals surface area (Å²) < 4.78 is 1.68. The van der Waals surface area contributed by atoms with E-state index in [2.05, 4.69) is 32.4 Å². The summed E-state index contributed by atoms with van der Waals surface area (Å²) in [5.41, 5.74) is 1.81. The number of aryl methyl sites for hydroxylation is 1. The fourth-order valence-corrected chi connectivity index (χ4v) is 3.45. The van der Waals surface area contributed by atoms with Gasteiger partial charge in [-0.1, -0.05) is 24.3 Å². The summed E-state index contributed by atoms with van der Waals surface area (Å²) in [6, 6.07) is 7.96. The van der Waals surface area contributed by atoms with Crippen molar-refractivity contribution >= 4 is 22.5 Å². The zero-order chi connectivity index (χ0) is 18.8. The van der Waals surface area contributed by atoms with E-state index in [-0.39, 0.29) is 5.91 Å². The van der Waals surface area contributed by atoms with Crippen LogP contribution in [-0.4, -0.2) is 50.4 Å². The molecule has 3 heterocycles. The highest BCUT2D eigenvalue weighted by atomic mass is 16.2. The Hall–Kier alpha value is -2.80. The number of pyridine rings is 1. The van der Waals surface area contributed by atoms with Crippen molar-refractivity contribution in [1.82, 2.24) is 24.9 Å². The van der Waals surface area contributed by atoms with Gasteiger partial charge in [0.05, 0.1) is 12.7 Å². The minimum absolute atomic E-state index is 0.0125. The van der Waals surface area contributed by atoms with E-state index in [0.29, 0.717) is 12.4 Å². The number of carbonyl (C=O) groups is 1. The molecule has 0 aliphatic carbocycles. The van der Waals surface area contributed by atoms with Gasteiger partial charge in [0.2, 0.25) is 5.91 Å². The highest BCUT2D eigenvalue weighted by Gasteiger charge is 2.18. The Labute approximate surface area is 158 Å². The molecule has 0 saturated carbocycles. The van der Waals surface area contributed by atoms with Crippen molar-refractivity contribution in [2.24, 2.45) is 13.0 Å². The fourth-order valence-electron chi connectivity index (χ4n) is 3.45. The van der Waals surface area contributed by atoms with Gasteiger partial charge in [0.25, 0.3) is 0 Å². The molecule has 27 heavy (non-hydrogen) atoms. The second-order valence-electron chi connectivity index (χ2n) is 7.42. The zero-order valence-corrected chi connectivity index (χ0v) is 15.7. The number of hydrogen-bond acceptors (Lipinski definition) is 5. The van der Waals surface area contributed by atoms with Crippen LogP contribution in [0.25, 0.3) is 22.0 Å². The lowest BCUT2D eigenvalue weighted by atomic mass is 9.99. The Morgan fingerprint density at radius 1 is 1.22 bits per heavy atom. The zero-order valence-electron chi connectivity index (χ0n) is 15.7. The van der Waals surface area contributed by atoms with Crippen LogP contribution in [0.3, 0.4) is 0 Å². The van der Waals surface area contributed by atoms with Crippen LogP contribution in [0.5, 0.6) is 0 Å². The number of fused-ring (bicyclic) bond motifs is 1.